The number of rotatable bonds is 9. The number of nitrogens with one attached hydrogen (secondary N) is 2. The number of aromatic nitrogens is 2. The van der Waals surface area contributed by atoms with Crippen molar-refractivity contribution in [2.75, 3.05) is 43.4 Å². The molecular formula is C32H35FN6O7. The van der Waals surface area contributed by atoms with Crippen LogP contribution in [0.25, 0.3) is 22.8 Å². The molecule has 1 fully saturated rings. The molecular weight excluding hydrogens is 599 g/mol. The second kappa shape index (κ2) is 13.4. The molecule has 0 radical (unpaired) electrons. The molecule has 14 heteroatoms. The fourth-order valence-corrected chi connectivity index (χ4v) is 4.75. The SMILES string of the molecule is CN1CCN(c2ccc(C(=O)NC(Cc3ccc(-c4noc(-c5ccc(NC(=O)OC(C)(C)C)cc5)n4)c(F)c3)C(=O)O)o2)CC1. The molecule has 5 rings (SSSR count). The van der Waals surface area contributed by atoms with E-state index in [0.717, 1.165) is 26.2 Å². The Morgan fingerprint density at radius 2 is 1.76 bits per heavy atom. The van der Waals surface area contributed by atoms with Crippen molar-refractivity contribution < 1.29 is 37.6 Å². The van der Waals surface area contributed by atoms with Crippen LogP contribution in [0, 0.1) is 5.82 Å². The van der Waals surface area contributed by atoms with Crippen molar-refractivity contribution in [2.45, 2.75) is 38.8 Å². The van der Waals surface area contributed by atoms with E-state index in [0.29, 0.717) is 22.7 Å². The highest BCUT2D eigenvalue weighted by Crippen LogP contribution is 2.27. The predicted octanol–water partition coefficient (Wildman–Crippen LogP) is 4.66. The number of aliphatic carboxylic acids is 1. The quantitative estimate of drug-likeness (QED) is 0.235. The lowest BCUT2D eigenvalue weighted by atomic mass is 10.0. The molecule has 1 aliphatic rings. The van der Waals surface area contributed by atoms with Gasteiger partial charge < -0.3 is 33.9 Å². The number of amides is 2. The summed E-state index contributed by atoms with van der Waals surface area (Å²) < 4.78 is 31.5. The van der Waals surface area contributed by atoms with Gasteiger partial charge in [-0.3, -0.25) is 10.1 Å². The van der Waals surface area contributed by atoms with Crippen LogP contribution in [0.3, 0.4) is 0 Å². The van der Waals surface area contributed by atoms with Crippen molar-refractivity contribution in [1.82, 2.24) is 20.4 Å². The summed E-state index contributed by atoms with van der Waals surface area (Å²) in [5.41, 5.74) is 0.780. The third-order valence-corrected chi connectivity index (χ3v) is 7.15. The number of hydrogen-bond donors (Lipinski definition) is 3. The van der Waals surface area contributed by atoms with Gasteiger partial charge in [0.2, 0.25) is 5.82 Å². The number of hydrogen-bond acceptors (Lipinski definition) is 10. The molecule has 4 aromatic rings. The van der Waals surface area contributed by atoms with Crippen LogP contribution in [-0.4, -0.2) is 83.0 Å². The molecule has 0 aliphatic carbocycles. The number of likely N-dealkylation sites (N-methyl/N-ethyl adjacent to an activating group) is 1. The number of piperazine rings is 1. The molecule has 0 saturated carbocycles. The standard InChI is InChI=1S/C32H35FN6O7/c1-32(2,3)45-31(43)34-21-8-6-20(7-9-21)29-36-27(37-46-29)22-10-5-19(17-23(22)33)18-24(30(41)42)35-28(40)25-11-12-26(44-25)39-15-13-38(4)14-16-39/h5-12,17,24H,13-16,18H2,1-4H3,(H,34,43)(H,35,40)(H,41,42). The molecule has 3 N–H and O–H groups in total. The highest BCUT2D eigenvalue weighted by atomic mass is 19.1. The Kier molecular flexibility index (Phi) is 9.37. The van der Waals surface area contributed by atoms with Crippen LogP contribution in [0.2, 0.25) is 0 Å². The van der Waals surface area contributed by atoms with Crippen LogP contribution in [0.15, 0.2) is 63.5 Å². The molecule has 46 heavy (non-hydrogen) atoms. The summed E-state index contributed by atoms with van der Waals surface area (Å²) >= 11 is 0. The number of carbonyl (C=O) groups excluding carboxylic acids is 2. The second-order valence-electron chi connectivity index (χ2n) is 11.9. The zero-order valence-corrected chi connectivity index (χ0v) is 25.9. The molecule has 13 nitrogen and oxygen atoms in total. The number of carboxylic acids is 1. The van der Waals surface area contributed by atoms with Crippen LogP contribution >= 0.6 is 0 Å². The average Bonchev–Trinajstić information content (AvgIpc) is 3.68. The van der Waals surface area contributed by atoms with Crippen LogP contribution in [0.1, 0.15) is 36.9 Å². The number of anilines is 2. The van der Waals surface area contributed by atoms with Crippen LogP contribution in [-0.2, 0) is 16.0 Å². The van der Waals surface area contributed by atoms with E-state index in [1.807, 2.05) is 11.9 Å². The summed E-state index contributed by atoms with van der Waals surface area (Å²) in [6, 6.07) is 12.6. The first-order valence-corrected chi connectivity index (χ1v) is 14.6. The zero-order chi connectivity index (χ0) is 33.0. The minimum atomic E-state index is -1.33. The van der Waals surface area contributed by atoms with E-state index in [9.17, 15) is 19.5 Å². The molecule has 0 spiro atoms. The van der Waals surface area contributed by atoms with E-state index in [1.165, 1.54) is 24.3 Å². The van der Waals surface area contributed by atoms with Crippen molar-refractivity contribution in [3.63, 3.8) is 0 Å². The van der Waals surface area contributed by atoms with E-state index in [1.54, 1.807) is 51.1 Å². The van der Waals surface area contributed by atoms with Crippen LogP contribution in [0.4, 0.5) is 20.8 Å². The van der Waals surface area contributed by atoms with Gasteiger partial charge in [0.1, 0.15) is 17.5 Å². The monoisotopic (exact) mass is 634 g/mol. The largest absolute Gasteiger partial charge is 0.480 e. The van der Waals surface area contributed by atoms with E-state index in [-0.39, 0.29) is 29.5 Å². The van der Waals surface area contributed by atoms with Crippen LogP contribution < -0.4 is 15.5 Å². The van der Waals surface area contributed by atoms with Crippen molar-refractivity contribution >= 4 is 29.5 Å². The third-order valence-electron chi connectivity index (χ3n) is 7.15. The number of carbonyl (C=O) groups is 3. The first-order chi connectivity index (χ1) is 21.8. The summed E-state index contributed by atoms with van der Waals surface area (Å²) in [4.78, 5) is 45.3. The zero-order valence-electron chi connectivity index (χ0n) is 25.9. The van der Waals surface area contributed by atoms with Gasteiger partial charge >= 0.3 is 12.1 Å². The molecule has 2 aromatic carbocycles. The summed E-state index contributed by atoms with van der Waals surface area (Å²) in [6.07, 6.45) is -0.769. The van der Waals surface area contributed by atoms with Gasteiger partial charge in [-0.25, -0.2) is 14.0 Å². The molecule has 0 bridgehead atoms. The van der Waals surface area contributed by atoms with E-state index in [2.05, 4.69) is 25.7 Å². The van der Waals surface area contributed by atoms with Crippen molar-refractivity contribution in [2.24, 2.45) is 0 Å². The Labute approximate surface area is 264 Å². The lowest BCUT2D eigenvalue weighted by molar-refractivity contribution is -0.139. The molecule has 2 aromatic heterocycles. The fraction of sp³-hybridized carbons (Fsp3) is 0.344. The van der Waals surface area contributed by atoms with E-state index >= 15 is 4.39 Å². The fourth-order valence-electron chi connectivity index (χ4n) is 4.75. The first kappa shape index (κ1) is 32.2. The highest BCUT2D eigenvalue weighted by molar-refractivity contribution is 5.94. The number of nitrogens with zero attached hydrogens (tertiary/aromatic N) is 4. The van der Waals surface area contributed by atoms with Crippen molar-refractivity contribution in [1.29, 1.82) is 0 Å². The maximum Gasteiger partial charge on any atom is 0.412 e. The van der Waals surface area contributed by atoms with Gasteiger partial charge in [0, 0.05) is 49.9 Å². The maximum absolute atomic E-state index is 15.2. The minimum absolute atomic E-state index is 0.00734. The van der Waals surface area contributed by atoms with Gasteiger partial charge in [-0.2, -0.15) is 4.98 Å². The number of benzene rings is 2. The van der Waals surface area contributed by atoms with E-state index in [4.69, 9.17) is 13.7 Å². The molecule has 1 aliphatic heterocycles. The predicted molar refractivity (Wildman–Crippen MR) is 166 cm³/mol. The Morgan fingerprint density at radius 1 is 1.04 bits per heavy atom. The number of furan rings is 1. The molecule has 242 valence electrons. The van der Waals surface area contributed by atoms with Gasteiger partial charge in [-0.05, 0) is 75.8 Å². The van der Waals surface area contributed by atoms with Gasteiger partial charge in [0.05, 0.1) is 5.56 Å². The molecule has 1 unspecified atom stereocenters. The second-order valence-corrected chi connectivity index (χ2v) is 11.9. The molecule has 2 amide bonds. The topological polar surface area (TPSA) is 163 Å². The Morgan fingerprint density at radius 3 is 2.41 bits per heavy atom. The lowest BCUT2D eigenvalue weighted by Gasteiger charge is -2.32. The summed E-state index contributed by atoms with van der Waals surface area (Å²) in [7, 11) is 2.03. The lowest BCUT2D eigenvalue weighted by Crippen LogP contribution is -2.44. The van der Waals surface area contributed by atoms with Gasteiger partial charge in [0.25, 0.3) is 11.8 Å². The normalized spacial score (nSPS) is 14.5. The Hall–Kier alpha value is -5.24. The summed E-state index contributed by atoms with van der Waals surface area (Å²) in [5, 5.41) is 18.7. The van der Waals surface area contributed by atoms with Crippen LogP contribution in [0.5, 0.6) is 0 Å². The van der Waals surface area contributed by atoms with Crippen molar-refractivity contribution in [3.8, 4) is 22.8 Å². The number of halogens is 1. The average molecular weight is 635 g/mol. The molecule has 1 saturated heterocycles. The highest BCUT2D eigenvalue weighted by Gasteiger charge is 2.25. The minimum Gasteiger partial charge on any atom is -0.480 e. The number of ether oxygens (including phenoxy) is 1. The van der Waals surface area contributed by atoms with Gasteiger partial charge in [-0.1, -0.05) is 11.2 Å². The Bertz CT molecular complexity index is 1700. The van der Waals surface area contributed by atoms with Crippen molar-refractivity contribution in [3.05, 3.63) is 71.7 Å². The summed E-state index contributed by atoms with van der Waals surface area (Å²) in [6.45, 7) is 8.50. The number of carboxylic acid groups (broad SMARTS) is 1. The molecule has 1 atom stereocenters. The van der Waals surface area contributed by atoms with E-state index < -0.39 is 35.4 Å². The smallest absolute Gasteiger partial charge is 0.412 e. The molecule has 3 heterocycles. The van der Waals surface area contributed by atoms with Gasteiger partial charge in [-0.15, -0.1) is 0 Å². The maximum atomic E-state index is 15.2. The summed E-state index contributed by atoms with van der Waals surface area (Å²) in [5.74, 6) is -2.00. The first-order valence-electron chi connectivity index (χ1n) is 14.6. The third kappa shape index (κ3) is 8.07. The van der Waals surface area contributed by atoms with Gasteiger partial charge in [0.15, 0.2) is 11.6 Å². The Balaban J connectivity index is 1.21.